The van der Waals surface area contributed by atoms with E-state index in [1.165, 1.54) is 0 Å². The van der Waals surface area contributed by atoms with E-state index in [9.17, 15) is 4.79 Å². The molecule has 0 saturated carbocycles. The van der Waals surface area contributed by atoms with Crippen LogP contribution in [0.15, 0.2) is 23.5 Å². The fraction of sp³-hybridized carbons (Fsp3) is 0.462. The first-order valence-corrected chi connectivity index (χ1v) is 6.16. The van der Waals surface area contributed by atoms with Crippen LogP contribution in [0, 0.1) is 0 Å². The van der Waals surface area contributed by atoms with E-state index in [4.69, 9.17) is 4.84 Å². The lowest BCUT2D eigenvalue weighted by molar-refractivity contribution is -0.00181. The molecule has 1 aromatic heterocycles. The Balaban J connectivity index is 1.94. The first-order valence-electron chi connectivity index (χ1n) is 6.16. The van der Waals surface area contributed by atoms with Gasteiger partial charge in [-0.2, -0.15) is 0 Å². The van der Waals surface area contributed by atoms with Gasteiger partial charge in [-0.15, -0.1) is 0 Å². The second kappa shape index (κ2) is 5.26. The molecule has 2 N–H and O–H groups in total. The summed E-state index contributed by atoms with van der Waals surface area (Å²) in [5, 5.41) is 9.67. The normalized spacial score (nSPS) is 21.5. The molecule has 1 aromatic rings. The molecular weight excluding hydrogens is 244 g/mol. The van der Waals surface area contributed by atoms with Crippen LogP contribution in [-0.4, -0.2) is 35.8 Å². The fourth-order valence-electron chi connectivity index (χ4n) is 1.97. The van der Waals surface area contributed by atoms with E-state index in [2.05, 4.69) is 20.8 Å². The van der Waals surface area contributed by atoms with E-state index in [0.29, 0.717) is 17.9 Å². The molecule has 19 heavy (non-hydrogen) atoms. The summed E-state index contributed by atoms with van der Waals surface area (Å²) < 4.78 is 0. The number of nitrogens with one attached hydrogen (secondary N) is 2. The molecule has 0 aromatic carbocycles. The SMILES string of the molecule is CNc1cc(C(=O)NCC2(C)CC(C)=NO2)ccn1. The van der Waals surface area contributed by atoms with E-state index in [-0.39, 0.29) is 5.91 Å². The highest BCUT2D eigenvalue weighted by Crippen LogP contribution is 2.22. The number of nitrogens with zero attached hydrogens (tertiary/aromatic N) is 2. The number of rotatable bonds is 4. The monoisotopic (exact) mass is 262 g/mol. The summed E-state index contributed by atoms with van der Waals surface area (Å²) in [6, 6.07) is 3.38. The van der Waals surface area contributed by atoms with Crippen LogP contribution in [0.1, 0.15) is 30.6 Å². The minimum absolute atomic E-state index is 0.145. The highest BCUT2D eigenvalue weighted by Gasteiger charge is 2.33. The van der Waals surface area contributed by atoms with E-state index < -0.39 is 5.60 Å². The van der Waals surface area contributed by atoms with Crippen LogP contribution in [0.3, 0.4) is 0 Å². The van der Waals surface area contributed by atoms with Gasteiger partial charge in [0.1, 0.15) is 5.82 Å². The predicted octanol–water partition coefficient (Wildman–Crippen LogP) is 1.41. The topological polar surface area (TPSA) is 75.6 Å². The standard InChI is InChI=1S/C13H18N4O2/c1-9-7-13(2,19-17-9)8-16-12(18)10-4-5-15-11(6-10)14-3/h4-6H,7-8H2,1-3H3,(H,14,15)(H,16,18). The maximum absolute atomic E-state index is 12.0. The summed E-state index contributed by atoms with van der Waals surface area (Å²) in [5.41, 5.74) is 1.07. The van der Waals surface area contributed by atoms with E-state index >= 15 is 0 Å². The Morgan fingerprint density at radius 1 is 1.58 bits per heavy atom. The summed E-state index contributed by atoms with van der Waals surface area (Å²) in [7, 11) is 1.76. The Kier molecular flexibility index (Phi) is 3.69. The molecule has 2 rings (SSSR count). The maximum Gasteiger partial charge on any atom is 0.251 e. The molecule has 0 bridgehead atoms. The number of hydrogen-bond acceptors (Lipinski definition) is 5. The number of hydrogen-bond donors (Lipinski definition) is 2. The Bertz CT molecular complexity index is 515. The molecule has 0 aliphatic carbocycles. The molecule has 102 valence electrons. The molecule has 1 aliphatic rings. The molecule has 1 atom stereocenters. The quantitative estimate of drug-likeness (QED) is 0.860. The number of carbonyl (C=O) groups excluding carboxylic acids is 1. The van der Waals surface area contributed by atoms with Gasteiger partial charge in [-0.1, -0.05) is 5.16 Å². The molecule has 0 fully saturated rings. The molecule has 6 heteroatoms. The van der Waals surface area contributed by atoms with Crippen molar-refractivity contribution in [2.45, 2.75) is 25.9 Å². The van der Waals surface area contributed by atoms with Crippen molar-refractivity contribution in [2.75, 3.05) is 18.9 Å². The molecule has 0 radical (unpaired) electrons. The van der Waals surface area contributed by atoms with E-state index in [1.807, 2.05) is 13.8 Å². The van der Waals surface area contributed by atoms with Gasteiger partial charge in [0.25, 0.3) is 5.91 Å². The third-order valence-electron chi connectivity index (χ3n) is 2.95. The van der Waals surface area contributed by atoms with Crippen molar-refractivity contribution in [3.8, 4) is 0 Å². The molecule has 0 spiro atoms. The summed E-state index contributed by atoms with van der Waals surface area (Å²) in [5.74, 6) is 0.517. The third-order valence-corrected chi connectivity index (χ3v) is 2.95. The Morgan fingerprint density at radius 2 is 2.37 bits per heavy atom. The average Bonchev–Trinajstić information content (AvgIpc) is 2.76. The molecule has 1 aliphatic heterocycles. The van der Waals surface area contributed by atoms with Crippen LogP contribution in [0.2, 0.25) is 0 Å². The average molecular weight is 262 g/mol. The predicted molar refractivity (Wildman–Crippen MR) is 73.3 cm³/mol. The van der Waals surface area contributed by atoms with Crippen molar-refractivity contribution >= 4 is 17.4 Å². The third kappa shape index (κ3) is 3.21. The van der Waals surface area contributed by atoms with Crippen molar-refractivity contribution in [2.24, 2.45) is 5.16 Å². The number of carbonyl (C=O) groups is 1. The lowest BCUT2D eigenvalue weighted by atomic mass is 10.0. The van der Waals surface area contributed by atoms with Crippen LogP contribution >= 0.6 is 0 Å². The maximum atomic E-state index is 12.0. The van der Waals surface area contributed by atoms with E-state index in [0.717, 1.165) is 12.1 Å². The second-order valence-electron chi connectivity index (χ2n) is 4.91. The van der Waals surface area contributed by atoms with Crippen LogP contribution in [0.4, 0.5) is 5.82 Å². The van der Waals surface area contributed by atoms with Crippen molar-refractivity contribution in [1.82, 2.24) is 10.3 Å². The number of aromatic nitrogens is 1. The largest absolute Gasteiger partial charge is 0.387 e. The number of anilines is 1. The Labute approximate surface area is 112 Å². The zero-order valence-corrected chi connectivity index (χ0v) is 11.4. The van der Waals surface area contributed by atoms with Gasteiger partial charge in [0.15, 0.2) is 5.60 Å². The van der Waals surface area contributed by atoms with Gasteiger partial charge < -0.3 is 15.5 Å². The second-order valence-corrected chi connectivity index (χ2v) is 4.91. The lowest BCUT2D eigenvalue weighted by Gasteiger charge is -2.21. The number of amides is 1. The summed E-state index contributed by atoms with van der Waals surface area (Å²) >= 11 is 0. The molecule has 0 saturated heterocycles. The van der Waals surface area contributed by atoms with Crippen LogP contribution in [-0.2, 0) is 4.84 Å². The zero-order valence-electron chi connectivity index (χ0n) is 11.4. The Hall–Kier alpha value is -2.11. The van der Waals surface area contributed by atoms with Crippen LogP contribution in [0.25, 0.3) is 0 Å². The summed E-state index contributed by atoms with van der Waals surface area (Å²) in [4.78, 5) is 21.4. The highest BCUT2D eigenvalue weighted by molar-refractivity contribution is 5.94. The van der Waals surface area contributed by atoms with Gasteiger partial charge in [-0.25, -0.2) is 4.98 Å². The minimum Gasteiger partial charge on any atom is -0.387 e. The van der Waals surface area contributed by atoms with Crippen LogP contribution in [0.5, 0.6) is 0 Å². The molecule has 2 heterocycles. The minimum atomic E-state index is -0.446. The van der Waals surface area contributed by atoms with E-state index in [1.54, 1.807) is 25.4 Å². The van der Waals surface area contributed by atoms with Crippen molar-refractivity contribution in [1.29, 1.82) is 0 Å². The van der Waals surface area contributed by atoms with Gasteiger partial charge in [-0.3, -0.25) is 4.79 Å². The summed E-state index contributed by atoms with van der Waals surface area (Å²) in [6.45, 7) is 4.26. The first kappa shape index (κ1) is 13.3. The first-order chi connectivity index (χ1) is 9.02. The zero-order chi connectivity index (χ0) is 13.9. The summed E-state index contributed by atoms with van der Waals surface area (Å²) in [6.07, 6.45) is 2.33. The fourth-order valence-corrected chi connectivity index (χ4v) is 1.97. The lowest BCUT2D eigenvalue weighted by Crippen LogP contribution is -2.40. The van der Waals surface area contributed by atoms with Crippen molar-refractivity contribution < 1.29 is 9.63 Å². The molecule has 1 amide bonds. The van der Waals surface area contributed by atoms with Gasteiger partial charge in [0.05, 0.1) is 12.3 Å². The number of oxime groups is 1. The van der Waals surface area contributed by atoms with Crippen molar-refractivity contribution in [3.05, 3.63) is 23.9 Å². The molecule has 6 nitrogen and oxygen atoms in total. The molecular formula is C13H18N4O2. The van der Waals surface area contributed by atoms with Gasteiger partial charge in [0.2, 0.25) is 0 Å². The highest BCUT2D eigenvalue weighted by atomic mass is 16.7. The molecule has 1 unspecified atom stereocenters. The van der Waals surface area contributed by atoms with Gasteiger partial charge in [-0.05, 0) is 26.0 Å². The number of pyridine rings is 1. The smallest absolute Gasteiger partial charge is 0.251 e. The van der Waals surface area contributed by atoms with Crippen LogP contribution < -0.4 is 10.6 Å². The van der Waals surface area contributed by atoms with Gasteiger partial charge >= 0.3 is 0 Å². The van der Waals surface area contributed by atoms with Gasteiger partial charge in [0, 0.05) is 25.2 Å². The van der Waals surface area contributed by atoms with Crippen molar-refractivity contribution in [3.63, 3.8) is 0 Å². The Morgan fingerprint density at radius 3 is 3.00 bits per heavy atom.